The smallest absolute Gasteiger partial charge is 0.243 e. The highest BCUT2D eigenvalue weighted by atomic mass is 79.9. The number of amides is 1. The van der Waals surface area contributed by atoms with Crippen molar-refractivity contribution < 1.29 is 13.2 Å². The average molecular weight is 333 g/mol. The second kappa shape index (κ2) is 4.99. The Morgan fingerprint density at radius 2 is 2.17 bits per heavy atom. The van der Waals surface area contributed by atoms with Gasteiger partial charge in [-0.05, 0) is 31.0 Å². The number of rotatable bonds is 3. The van der Waals surface area contributed by atoms with E-state index in [1.165, 1.54) is 16.4 Å². The number of carbonyl (C=O) groups is 1. The highest BCUT2D eigenvalue weighted by molar-refractivity contribution is 9.10. The fourth-order valence-electron chi connectivity index (χ4n) is 2.08. The maximum Gasteiger partial charge on any atom is 0.243 e. The Balaban J connectivity index is 2.40. The Kier molecular flexibility index (Phi) is 3.74. The second-order valence-electron chi connectivity index (χ2n) is 4.13. The van der Waals surface area contributed by atoms with E-state index in [0.717, 1.165) is 0 Å². The van der Waals surface area contributed by atoms with Gasteiger partial charge >= 0.3 is 0 Å². The molecule has 7 heteroatoms. The molecule has 0 bridgehead atoms. The molecule has 1 atom stereocenters. The van der Waals surface area contributed by atoms with Gasteiger partial charge in [-0.2, -0.15) is 4.31 Å². The molecule has 0 aliphatic carbocycles. The molecule has 1 unspecified atom stereocenters. The van der Waals surface area contributed by atoms with Crippen LogP contribution in [0.4, 0.5) is 0 Å². The minimum Gasteiger partial charge on any atom is -0.368 e. The average Bonchev–Trinajstić information content (AvgIpc) is 2.78. The van der Waals surface area contributed by atoms with E-state index in [-0.39, 0.29) is 4.90 Å². The van der Waals surface area contributed by atoms with E-state index in [9.17, 15) is 13.2 Å². The molecule has 98 valence electrons. The molecular weight excluding hydrogens is 320 g/mol. The number of primary amides is 1. The van der Waals surface area contributed by atoms with Gasteiger partial charge in [-0.3, -0.25) is 4.79 Å². The van der Waals surface area contributed by atoms with Crippen LogP contribution in [0, 0.1) is 0 Å². The third-order valence-corrected chi connectivity index (χ3v) is 5.33. The first-order chi connectivity index (χ1) is 8.43. The first-order valence-corrected chi connectivity index (χ1v) is 7.73. The fourth-order valence-corrected chi connectivity index (χ4v) is 4.34. The quantitative estimate of drug-likeness (QED) is 0.899. The van der Waals surface area contributed by atoms with Crippen molar-refractivity contribution in [3.8, 4) is 0 Å². The van der Waals surface area contributed by atoms with E-state index in [1.54, 1.807) is 12.1 Å². The van der Waals surface area contributed by atoms with Gasteiger partial charge < -0.3 is 5.73 Å². The molecule has 0 radical (unpaired) electrons. The summed E-state index contributed by atoms with van der Waals surface area (Å²) in [6.45, 7) is 0.336. The van der Waals surface area contributed by atoms with Crippen LogP contribution in [0.1, 0.15) is 12.8 Å². The molecule has 2 N–H and O–H groups in total. The van der Waals surface area contributed by atoms with E-state index in [0.29, 0.717) is 23.9 Å². The molecule has 1 heterocycles. The Labute approximate surface area is 114 Å². The van der Waals surface area contributed by atoms with Crippen LogP contribution in [0.2, 0.25) is 0 Å². The molecule has 0 saturated carbocycles. The van der Waals surface area contributed by atoms with E-state index in [1.807, 2.05) is 0 Å². The summed E-state index contributed by atoms with van der Waals surface area (Å²) in [7, 11) is -3.65. The van der Waals surface area contributed by atoms with Crippen LogP contribution >= 0.6 is 15.9 Å². The van der Waals surface area contributed by atoms with E-state index < -0.39 is 22.0 Å². The summed E-state index contributed by atoms with van der Waals surface area (Å²) in [5, 5.41) is 0. The van der Waals surface area contributed by atoms with Crippen LogP contribution < -0.4 is 5.73 Å². The zero-order valence-corrected chi connectivity index (χ0v) is 11.9. The number of nitrogens with two attached hydrogens (primary N) is 1. The summed E-state index contributed by atoms with van der Waals surface area (Å²) >= 11 is 3.23. The number of hydrogen-bond acceptors (Lipinski definition) is 3. The van der Waals surface area contributed by atoms with E-state index in [2.05, 4.69) is 15.9 Å². The van der Waals surface area contributed by atoms with E-state index >= 15 is 0 Å². The van der Waals surface area contributed by atoms with Crippen LogP contribution in [0.3, 0.4) is 0 Å². The predicted octanol–water partition coefficient (Wildman–Crippen LogP) is 1.09. The Morgan fingerprint density at radius 1 is 1.44 bits per heavy atom. The van der Waals surface area contributed by atoms with Gasteiger partial charge in [-0.15, -0.1) is 0 Å². The maximum atomic E-state index is 12.4. The van der Waals surface area contributed by atoms with Crippen molar-refractivity contribution in [3.05, 3.63) is 28.7 Å². The maximum absolute atomic E-state index is 12.4. The van der Waals surface area contributed by atoms with Crippen molar-refractivity contribution in [3.63, 3.8) is 0 Å². The van der Waals surface area contributed by atoms with Gasteiger partial charge in [0.25, 0.3) is 0 Å². The minimum absolute atomic E-state index is 0.171. The van der Waals surface area contributed by atoms with Gasteiger partial charge in [0, 0.05) is 11.0 Å². The fraction of sp³-hybridized carbons (Fsp3) is 0.364. The van der Waals surface area contributed by atoms with Crippen LogP contribution in [0.25, 0.3) is 0 Å². The third kappa shape index (κ3) is 2.43. The molecule has 1 aliphatic rings. The number of hydrogen-bond donors (Lipinski definition) is 1. The van der Waals surface area contributed by atoms with Crippen LogP contribution in [-0.2, 0) is 14.8 Å². The number of nitrogens with zero attached hydrogens (tertiary/aromatic N) is 1. The van der Waals surface area contributed by atoms with Crippen molar-refractivity contribution in [2.45, 2.75) is 23.8 Å². The number of benzene rings is 1. The van der Waals surface area contributed by atoms with Crippen LogP contribution in [0.15, 0.2) is 33.6 Å². The highest BCUT2D eigenvalue weighted by Gasteiger charge is 2.38. The zero-order valence-electron chi connectivity index (χ0n) is 9.54. The molecule has 1 aromatic carbocycles. The molecule has 1 aliphatic heterocycles. The van der Waals surface area contributed by atoms with Gasteiger partial charge in [-0.1, -0.05) is 22.0 Å². The monoisotopic (exact) mass is 332 g/mol. The minimum atomic E-state index is -3.65. The molecule has 1 aromatic rings. The molecule has 2 rings (SSSR count). The normalized spacial score (nSPS) is 21.1. The van der Waals surface area contributed by atoms with Gasteiger partial charge in [-0.25, -0.2) is 8.42 Å². The summed E-state index contributed by atoms with van der Waals surface area (Å²) in [4.78, 5) is 11.4. The topological polar surface area (TPSA) is 80.5 Å². The summed E-state index contributed by atoms with van der Waals surface area (Å²) in [5.74, 6) is -0.592. The largest absolute Gasteiger partial charge is 0.368 e. The van der Waals surface area contributed by atoms with Gasteiger partial charge in [0.05, 0.1) is 4.90 Å². The van der Waals surface area contributed by atoms with Gasteiger partial charge in [0.1, 0.15) is 6.04 Å². The van der Waals surface area contributed by atoms with Crippen LogP contribution in [0.5, 0.6) is 0 Å². The summed E-state index contributed by atoms with van der Waals surface area (Å²) in [6, 6.07) is 5.69. The lowest BCUT2D eigenvalue weighted by Crippen LogP contribution is -2.43. The Morgan fingerprint density at radius 3 is 2.78 bits per heavy atom. The summed E-state index contributed by atoms with van der Waals surface area (Å²) < 4.78 is 26.7. The lowest BCUT2D eigenvalue weighted by Gasteiger charge is -2.21. The van der Waals surface area contributed by atoms with Crippen LogP contribution in [-0.4, -0.2) is 31.2 Å². The summed E-state index contributed by atoms with van der Waals surface area (Å²) in [5.41, 5.74) is 5.24. The standard InChI is InChI=1S/C11H13BrN2O3S/c12-8-3-1-4-9(7-8)18(16,17)14-6-2-5-10(14)11(13)15/h1,3-4,7,10H,2,5-6H2,(H2,13,15). The predicted molar refractivity (Wildman–Crippen MR) is 70.3 cm³/mol. The SMILES string of the molecule is NC(=O)C1CCCN1S(=O)(=O)c1cccc(Br)c1. The van der Waals surface area contributed by atoms with Crippen molar-refractivity contribution in [2.24, 2.45) is 5.73 Å². The van der Waals surface area contributed by atoms with Gasteiger partial charge in [0.15, 0.2) is 0 Å². The first kappa shape index (κ1) is 13.5. The zero-order chi connectivity index (χ0) is 13.3. The lowest BCUT2D eigenvalue weighted by molar-refractivity contribution is -0.121. The molecule has 1 saturated heterocycles. The number of carbonyl (C=O) groups excluding carboxylic acids is 1. The van der Waals surface area contributed by atoms with E-state index in [4.69, 9.17) is 5.73 Å². The Bertz CT molecular complexity index is 573. The molecule has 5 nitrogen and oxygen atoms in total. The number of sulfonamides is 1. The highest BCUT2D eigenvalue weighted by Crippen LogP contribution is 2.27. The second-order valence-corrected chi connectivity index (χ2v) is 6.94. The summed E-state index contributed by atoms with van der Waals surface area (Å²) in [6.07, 6.45) is 1.14. The third-order valence-electron chi connectivity index (χ3n) is 2.93. The number of halogens is 1. The molecular formula is C11H13BrN2O3S. The molecule has 1 fully saturated rings. The van der Waals surface area contributed by atoms with Crippen molar-refractivity contribution >= 4 is 31.9 Å². The lowest BCUT2D eigenvalue weighted by atomic mass is 10.2. The van der Waals surface area contributed by atoms with Crippen molar-refractivity contribution in [2.75, 3.05) is 6.54 Å². The molecule has 18 heavy (non-hydrogen) atoms. The van der Waals surface area contributed by atoms with Crippen molar-refractivity contribution in [1.29, 1.82) is 0 Å². The molecule has 1 amide bonds. The Hall–Kier alpha value is -0.920. The van der Waals surface area contributed by atoms with Crippen molar-refractivity contribution in [1.82, 2.24) is 4.31 Å². The molecule has 0 aromatic heterocycles. The first-order valence-electron chi connectivity index (χ1n) is 5.49. The molecule has 0 spiro atoms. The van der Waals surface area contributed by atoms with Gasteiger partial charge in [0.2, 0.25) is 15.9 Å².